The summed E-state index contributed by atoms with van der Waals surface area (Å²) in [5.41, 5.74) is 3.14. The zero-order valence-electron chi connectivity index (χ0n) is 19.1. The van der Waals surface area contributed by atoms with E-state index in [0.29, 0.717) is 16.9 Å². The summed E-state index contributed by atoms with van der Waals surface area (Å²) in [6.07, 6.45) is 2.66. The first-order chi connectivity index (χ1) is 15.3. The summed E-state index contributed by atoms with van der Waals surface area (Å²) < 4.78 is 10.4. The van der Waals surface area contributed by atoms with E-state index in [2.05, 4.69) is 15.2 Å². The predicted molar refractivity (Wildman–Crippen MR) is 122 cm³/mol. The molecule has 1 aliphatic rings. The number of nitrogens with one attached hydrogen (secondary N) is 2. The molecule has 0 radical (unpaired) electrons. The Labute approximate surface area is 188 Å². The number of ether oxygens (including phenoxy) is 2. The quantitative estimate of drug-likeness (QED) is 0.631. The first kappa shape index (κ1) is 23.4. The van der Waals surface area contributed by atoms with E-state index in [9.17, 15) is 14.4 Å². The lowest BCUT2D eigenvalue weighted by molar-refractivity contribution is -0.123. The molecular weight excluding hydrogens is 410 g/mol. The highest BCUT2D eigenvalue weighted by molar-refractivity contribution is 6.01. The summed E-state index contributed by atoms with van der Waals surface area (Å²) in [4.78, 5) is 42.5. The van der Waals surface area contributed by atoms with E-state index in [1.54, 1.807) is 20.8 Å². The molecule has 3 rings (SSSR count). The number of aryl methyl sites for hydroxylation is 1. The largest absolute Gasteiger partial charge is 0.461 e. The third-order valence-electron chi connectivity index (χ3n) is 5.63. The number of benzene rings is 1. The number of piperidine rings is 1. The molecule has 0 unspecified atom stereocenters. The minimum atomic E-state index is -1.01. The van der Waals surface area contributed by atoms with E-state index >= 15 is 0 Å². The molecule has 32 heavy (non-hydrogen) atoms. The van der Waals surface area contributed by atoms with Gasteiger partial charge in [0.15, 0.2) is 6.10 Å². The molecule has 0 saturated carbocycles. The van der Waals surface area contributed by atoms with Gasteiger partial charge < -0.3 is 24.7 Å². The molecular formula is C24H31N3O5. The fraction of sp³-hybridized carbons (Fsp3) is 0.458. The zero-order chi connectivity index (χ0) is 23.3. The molecule has 1 atom stereocenters. The van der Waals surface area contributed by atoms with Crippen LogP contribution in [0.4, 0.5) is 11.4 Å². The smallest absolute Gasteiger partial charge is 0.355 e. The number of hydrogen-bond donors (Lipinski definition) is 2. The van der Waals surface area contributed by atoms with Crippen LogP contribution in [-0.2, 0) is 14.3 Å². The van der Waals surface area contributed by atoms with Gasteiger partial charge >= 0.3 is 11.9 Å². The van der Waals surface area contributed by atoms with Crippen molar-refractivity contribution in [3.63, 3.8) is 0 Å². The first-order valence-corrected chi connectivity index (χ1v) is 11.0. The average molecular weight is 442 g/mol. The average Bonchev–Trinajstić information content (AvgIpc) is 3.09. The topological polar surface area (TPSA) is 101 Å². The van der Waals surface area contributed by atoms with Crippen LogP contribution in [0, 0.1) is 13.8 Å². The number of aromatic amines is 1. The second-order valence-electron chi connectivity index (χ2n) is 7.98. The van der Waals surface area contributed by atoms with E-state index in [1.165, 1.54) is 26.2 Å². The van der Waals surface area contributed by atoms with Gasteiger partial charge in [-0.2, -0.15) is 0 Å². The van der Waals surface area contributed by atoms with Crippen molar-refractivity contribution in [2.75, 3.05) is 29.9 Å². The molecule has 8 nitrogen and oxygen atoms in total. The lowest BCUT2D eigenvalue weighted by atomic mass is 10.1. The van der Waals surface area contributed by atoms with Crippen LogP contribution in [0.15, 0.2) is 24.3 Å². The van der Waals surface area contributed by atoms with E-state index < -0.39 is 23.9 Å². The van der Waals surface area contributed by atoms with Gasteiger partial charge in [0.25, 0.3) is 5.91 Å². The number of amides is 1. The number of hydrogen-bond acceptors (Lipinski definition) is 6. The van der Waals surface area contributed by atoms with Crippen molar-refractivity contribution >= 4 is 29.2 Å². The van der Waals surface area contributed by atoms with E-state index in [0.717, 1.165) is 18.8 Å². The number of nitrogens with zero attached hydrogens (tertiary/aromatic N) is 1. The van der Waals surface area contributed by atoms with Crippen LogP contribution in [0.5, 0.6) is 0 Å². The summed E-state index contributed by atoms with van der Waals surface area (Å²) in [6, 6.07) is 7.67. The minimum Gasteiger partial charge on any atom is -0.461 e. The molecule has 8 heteroatoms. The van der Waals surface area contributed by atoms with Gasteiger partial charge in [0.2, 0.25) is 0 Å². The number of carbonyl (C=O) groups is 3. The Balaban J connectivity index is 1.61. The van der Waals surface area contributed by atoms with Crippen molar-refractivity contribution in [1.29, 1.82) is 0 Å². The number of H-pyrrole nitrogens is 1. The number of carbonyl (C=O) groups excluding carboxylic acids is 3. The van der Waals surface area contributed by atoms with Crippen molar-refractivity contribution in [3.05, 3.63) is 46.8 Å². The monoisotopic (exact) mass is 441 g/mol. The fourth-order valence-electron chi connectivity index (χ4n) is 3.89. The summed E-state index contributed by atoms with van der Waals surface area (Å²) in [5, 5.41) is 2.78. The van der Waals surface area contributed by atoms with Gasteiger partial charge in [-0.1, -0.05) is 0 Å². The van der Waals surface area contributed by atoms with Crippen molar-refractivity contribution < 1.29 is 23.9 Å². The second kappa shape index (κ2) is 10.3. The van der Waals surface area contributed by atoms with E-state index in [4.69, 9.17) is 9.47 Å². The van der Waals surface area contributed by atoms with Gasteiger partial charge in [-0.05, 0) is 76.8 Å². The standard InChI is InChI=1S/C24H31N3O5/c1-5-31-24(30)21-15(2)20(16(3)25-21)23(29)32-17(4)22(28)26-18-9-11-19(12-10-18)27-13-7-6-8-14-27/h9-12,17,25H,5-8,13-14H2,1-4H3,(H,26,28)/t17-/m0/s1. The van der Waals surface area contributed by atoms with Crippen LogP contribution in [0.25, 0.3) is 0 Å². The second-order valence-corrected chi connectivity index (χ2v) is 7.98. The highest BCUT2D eigenvalue weighted by atomic mass is 16.5. The molecule has 0 spiro atoms. The Morgan fingerprint density at radius 1 is 1.06 bits per heavy atom. The molecule has 2 aromatic rings. The lowest BCUT2D eigenvalue weighted by Gasteiger charge is -2.28. The summed E-state index contributed by atoms with van der Waals surface area (Å²) in [6.45, 7) is 8.86. The van der Waals surface area contributed by atoms with Gasteiger partial charge in [0.1, 0.15) is 5.69 Å². The Hall–Kier alpha value is -3.29. The SMILES string of the molecule is CCOC(=O)c1[nH]c(C)c(C(=O)O[C@@H](C)C(=O)Nc2ccc(N3CCCCC3)cc2)c1C. The molecule has 1 amide bonds. The molecule has 2 heterocycles. The van der Waals surface area contributed by atoms with E-state index in [-0.39, 0.29) is 17.9 Å². The summed E-state index contributed by atoms with van der Waals surface area (Å²) >= 11 is 0. The van der Waals surface area contributed by atoms with Crippen LogP contribution in [0.2, 0.25) is 0 Å². The van der Waals surface area contributed by atoms with Crippen molar-refractivity contribution in [1.82, 2.24) is 4.98 Å². The molecule has 1 saturated heterocycles. The Bertz CT molecular complexity index is 974. The zero-order valence-corrected chi connectivity index (χ0v) is 19.1. The van der Waals surface area contributed by atoms with Crippen LogP contribution >= 0.6 is 0 Å². The number of aromatic nitrogens is 1. The lowest BCUT2D eigenvalue weighted by Crippen LogP contribution is -2.30. The third kappa shape index (κ3) is 5.30. The van der Waals surface area contributed by atoms with E-state index in [1.807, 2.05) is 24.3 Å². The number of rotatable bonds is 7. The summed E-state index contributed by atoms with van der Waals surface area (Å²) in [7, 11) is 0. The normalized spacial score (nSPS) is 14.6. The summed E-state index contributed by atoms with van der Waals surface area (Å²) in [5.74, 6) is -1.64. The van der Waals surface area contributed by atoms with Gasteiger partial charge in [0, 0.05) is 30.2 Å². The van der Waals surface area contributed by atoms with Crippen LogP contribution in [-0.4, -0.2) is 48.6 Å². The molecule has 1 fully saturated rings. The van der Waals surface area contributed by atoms with Crippen LogP contribution in [0.1, 0.15) is 65.2 Å². The highest BCUT2D eigenvalue weighted by Gasteiger charge is 2.26. The molecule has 1 aliphatic heterocycles. The third-order valence-corrected chi connectivity index (χ3v) is 5.63. The molecule has 2 N–H and O–H groups in total. The van der Waals surface area contributed by atoms with Crippen molar-refractivity contribution in [2.24, 2.45) is 0 Å². The van der Waals surface area contributed by atoms with Gasteiger partial charge in [0.05, 0.1) is 12.2 Å². The number of esters is 2. The Kier molecular flexibility index (Phi) is 7.56. The first-order valence-electron chi connectivity index (χ1n) is 11.0. The maximum Gasteiger partial charge on any atom is 0.355 e. The Morgan fingerprint density at radius 2 is 1.72 bits per heavy atom. The molecule has 1 aromatic carbocycles. The molecule has 172 valence electrons. The maximum atomic E-state index is 12.7. The van der Waals surface area contributed by atoms with Gasteiger partial charge in [-0.15, -0.1) is 0 Å². The fourth-order valence-corrected chi connectivity index (χ4v) is 3.89. The Morgan fingerprint density at radius 3 is 2.34 bits per heavy atom. The minimum absolute atomic E-state index is 0.210. The highest BCUT2D eigenvalue weighted by Crippen LogP contribution is 2.23. The molecule has 1 aromatic heterocycles. The van der Waals surface area contributed by atoms with Gasteiger partial charge in [-0.25, -0.2) is 9.59 Å². The molecule has 0 bridgehead atoms. The van der Waals surface area contributed by atoms with Crippen molar-refractivity contribution in [3.8, 4) is 0 Å². The van der Waals surface area contributed by atoms with Crippen molar-refractivity contribution in [2.45, 2.75) is 53.1 Å². The predicted octanol–water partition coefficient (Wildman–Crippen LogP) is 3.98. The number of anilines is 2. The van der Waals surface area contributed by atoms with Crippen LogP contribution < -0.4 is 10.2 Å². The van der Waals surface area contributed by atoms with Crippen LogP contribution in [0.3, 0.4) is 0 Å². The van der Waals surface area contributed by atoms with Gasteiger partial charge in [-0.3, -0.25) is 4.79 Å². The molecule has 0 aliphatic carbocycles. The maximum absolute atomic E-state index is 12.7.